The molecular formula is C50H76N5O8P. The lowest BCUT2D eigenvalue weighted by atomic mass is 9.51. The summed E-state index contributed by atoms with van der Waals surface area (Å²) in [4.78, 5) is 45.1. The quantitative estimate of drug-likeness (QED) is 0.0515. The molecule has 2 aliphatic heterocycles. The zero-order valence-corrected chi connectivity index (χ0v) is 40.9. The Morgan fingerprint density at radius 2 is 1.88 bits per heavy atom. The number of fused-ring (bicyclic) bond motifs is 7. The van der Waals surface area contributed by atoms with E-state index in [1.54, 1.807) is 0 Å². The van der Waals surface area contributed by atoms with Gasteiger partial charge in [-0.2, -0.15) is 0 Å². The van der Waals surface area contributed by atoms with E-state index in [-0.39, 0.29) is 50.1 Å². The summed E-state index contributed by atoms with van der Waals surface area (Å²) in [6.45, 7) is 28.1. The van der Waals surface area contributed by atoms with Crippen molar-refractivity contribution in [3.8, 4) is 11.8 Å². The molecule has 2 N–H and O–H groups in total. The van der Waals surface area contributed by atoms with Gasteiger partial charge < -0.3 is 33.4 Å². The summed E-state index contributed by atoms with van der Waals surface area (Å²) in [6, 6.07) is 0.198. The molecule has 6 aliphatic rings. The number of nitrogens with one attached hydrogen (secondary N) is 2. The molecule has 3 unspecified atom stereocenters. The number of nitrogens with zero attached hydrogens (tertiary/aromatic N) is 3. The van der Waals surface area contributed by atoms with Gasteiger partial charge in [-0.25, -0.2) is 20.8 Å². The van der Waals surface area contributed by atoms with Crippen molar-refractivity contribution >= 4 is 14.6 Å². The van der Waals surface area contributed by atoms with Gasteiger partial charge in [0, 0.05) is 24.7 Å². The molecule has 4 aliphatic carbocycles. The highest BCUT2D eigenvalue weighted by Gasteiger charge is 2.63. The highest BCUT2D eigenvalue weighted by atomic mass is 31.2. The van der Waals surface area contributed by atoms with Crippen molar-refractivity contribution < 1.29 is 28.1 Å². The molecule has 13 atom stereocenters. The molecular weight excluding hydrogens is 830 g/mol. The number of aromatic nitrogens is 2. The van der Waals surface area contributed by atoms with E-state index in [1.807, 2.05) is 6.92 Å². The summed E-state index contributed by atoms with van der Waals surface area (Å²) in [7, 11) is -1.61. The first-order valence-electron chi connectivity index (χ1n) is 24.6. The monoisotopic (exact) mass is 906 g/mol. The lowest BCUT2D eigenvalue weighted by Crippen LogP contribution is -2.47. The minimum Gasteiger partial charge on any atom is -0.446 e. The Bertz CT molecular complexity index is 2040. The Morgan fingerprint density at radius 3 is 2.59 bits per heavy atom. The van der Waals surface area contributed by atoms with Crippen LogP contribution in [0.2, 0.25) is 0 Å². The van der Waals surface area contributed by atoms with E-state index < -0.39 is 49.9 Å². The third kappa shape index (κ3) is 10.1. The third-order valence-corrected chi connectivity index (χ3v) is 18.2. The number of carbonyl (C=O) groups excluding carboxylic acids is 1. The molecule has 354 valence electrons. The van der Waals surface area contributed by atoms with Crippen molar-refractivity contribution in [1.29, 1.82) is 0 Å². The van der Waals surface area contributed by atoms with E-state index in [4.69, 9.17) is 29.8 Å². The zero-order chi connectivity index (χ0) is 45.9. The molecule has 14 heteroatoms. The number of H-pyrrole nitrogens is 1. The predicted molar refractivity (Wildman–Crippen MR) is 249 cm³/mol. The number of allylic oxidation sites excluding steroid dienone is 1. The normalized spacial score (nSPS) is 33.8. The maximum atomic E-state index is 13.3. The van der Waals surface area contributed by atoms with Crippen molar-refractivity contribution in [2.75, 3.05) is 26.3 Å². The summed E-state index contributed by atoms with van der Waals surface area (Å²) in [6.07, 6.45) is 15.1. The van der Waals surface area contributed by atoms with Gasteiger partial charge in [0.15, 0.2) is 6.23 Å². The van der Waals surface area contributed by atoms with Crippen molar-refractivity contribution in [3.63, 3.8) is 0 Å². The standard InChI is InChI=1S/C50H76N5O8P/c1-11-50-30-59-43(44(50)63-64(60-27-26-51-10)55(32(4)5)33(6)7)46(62-50)54-29-36(45(56)53-47(54)57)16-13-25-52-48(58)61-37-18-20-38-35(28-37)17-19-40-39(38)23-24-49(9)41(21-22-42(40)49)34(8)15-12-14-31(2)3/h17,29,31-34,37-44,46H,11-12,14-15,18-28,30H2,1-9H3,(H,52,58)(H,53,56,57)/t34?,37-,38-,39+,40+,41+,42-,43+,44?,46+,49+,50+,64?/m0/s1. The first kappa shape index (κ1) is 48.9. The maximum Gasteiger partial charge on any atom is 0.408 e. The molecule has 2 saturated heterocycles. The summed E-state index contributed by atoms with van der Waals surface area (Å²) >= 11 is 0. The second-order valence-electron chi connectivity index (χ2n) is 21.0. The number of alkyl carbamates (subject to hydrolysis) is 1. The van der Waals surface area contributed by atoms with Crippen LogP contribution < -0.4 is 16.6 Å². The molecule has 1 amide bonds. The van der Waals surface area contributed by atoms with Crippen LogP contribution in [0.25, 0.3) is 4.85 Å². The van der Waals surface area contributed by atoms with Crippen molar-refractivity contribution in [3.05, 3.63) is 55.7 Å². The van der Waals surface area contributed by atoms with Crippen LogP contribution >= 0.6 is 8.53 Å². The van der Waals surface area contributed by atoms with Gasteiger partial charge in [0.1, 0.15) is 36.1 Å². The Hall–Kier alpha value is -3.03. The highest BCUT2D eigenvalue weighted by molar-refractivity contribution is 7.44. The Labute approximate surface area is 383 Å². The fourth-order valence-corrected chi connectivity index (χ4v) is 14.9. The van der Waals surface area contributed by atoms with Gasteiger partial charge in [0.25, 0.3) is 14.1 Å². The number of amides is 1. The summed E-state index contributed by atoms with van der Waals surface area (Å²) in [5.41, 5.74) is -0.141. The van der Waals surface area contributed by atoms with Gasteiger partial charge in [-0.1, -0.05) is 77.4 Å². The Morgan fingerprint density at radius 1 is 1.09 bits per heavy atom. The minimum absolute atomic E-state index is 0.0313. The van der Waals surface area contributed by atoms with Crippen LogP contribution in [-0.2, 0) is 23.3 Å². The van der Waals surface area contributed by atoms with Crippen LogP contribution in [-0.4, -0.2) is 82.6 Å². The smallest absolute Gasteiger partial charge is 0.408 e. The molecule has 3 saturated carbocycles. The van der Waals surface area contributed by atoms with Gasteiger partial charge in [-0.3, -0.25) is 14.3 Å². The van der Waals surface area contributed by atoms with E-state index in [2.05, 4.69) is 93.1 Å². The number of rotatable bonds is 17. The average molecular weight is 906 g/mol. The first-order chi connectivity index (χ1) is 30.6. The number of ether oxygens (including phenoxy) is 3. The van der Waals surface area contributed by atoms with Crippen LogP contribution in [0.15, 0.2) is 27.4 Å². The molecule has 0 radical (unpaired) electrons. The zero-order valence-electron chi connectivity index (χ0n) is 40.0. The molecule has 1 aromatic rings. The summed E-state index contributed by atoms with van der Waals surface area (Å²) < 4.78 is 35.2. The molecule has 13 nitrogen and oxygen atoms in total. The van der Waals surface area contributed by atoms with Crippen LogP contribution in [0, 0.1) is 65.3 Å². The molecule has 5 fully saturated rings. The van der Waals surface area contributed by atoms with Gasteiger partial charge in [-0.15, -0.1) is 0 Å². The van der Waals surface area contributed by atoms with Gasteiger partial charge in [0.2, 0.25) is 6.54 Å². The molecule has 2 bridgehead atoms. The Kier molecular flexibility index (Phi) is 15.9. The fourth-order valence-electron chi connectivity index (χ4n) is 13.1. The molecule has 3 heterocycles. The maximum absolute atomic E-state index is 13.3. The minimum atomic E-state index is -1.61. The van der Waals surface area contributed by atoms with E-state index in [0.717, 1.165) is 61.2 Å². The van der Waals surface area contributed by atoms with Crippen LogP contribution in [0.5, 0.6) is 0 Å². The second kappa shape index (κ2) is 20.9. The third-order valence-electron chi connectivity index (χ3n) is 16.1. The number of carbonyl (C=O) groups is 1. The van der Waals surface area contributed by atoms with Crippen LogP contribution in [0.1, 0.15) is 151 Å². The van der Waals surface area contributed by atoms with Gasteiger partial charge >= 0.3 is 11.8 Å². The fraction of sp³-hybridized carbons (Fsp3) is 0.800. The first-order valence-corrected chi connectivity index (χ1v) is 25.7. The van der Waals surface area contributed by atoms with Gasteiger partial charge in [0.05, 0.1) is 13.2 Å². The second-order valence-corrected chi connectivity index (χ2v) is 22.4. The SMILES string of the molecule is [C-]#[N+]CCOP(OC1[C@H]2OC[C@@]1(CC)O[C@H]2n1cc(C#CCNC(=O)O[C@H]2CC[C@H]3C(=CC[C@@H]4[C@@H]3CC[C@]3(C)[C@@H](C(C)CCCC(C)C)CC[C@@H]43)C2)c(=O)[nH]c1=O)N(C(C)C)C(C)C. The topological polar surface area (TPSA) is 138 Å². The van der Waals surface area contributed by atoms with Gasteiger partial charge in [-0.05, 0) is 126 Å². The summed E-state index contributed by atoms with van der Waals surface area (Å²) in [5.74, 6) is 11.1. The van der Waals surface area contributed by atoms with E-state index >= 15 is 0 Å². The molecule has 0 spiro atoms. The number of aromatic amines is 1. The number of hydrogen-bond donors (Lipinski definition) is 2. The molecule has 1 aromatic heterocycles. The lowest BCUT2D eigenvalue weighted by molar-refractivity contribution is -0.175. The average Bonchev–Trinajstić information content (AvgIpc) is 3.89. The summed E-state index contributed by atoms with van der Waals surface area (Å²) in [5, 5.41) is 2.75. The predicted octanol–water partition coefficient (Wildman–Crippen LogP) is 9.38. The Balaban J connectivity index is 0.936. The van der Waals surface area contributed by atoms with E-state index in [9.17, 15) is 14.4 Å². The lowest BCUT2D eigenvalue weighted by Gasteiger charge is -2.54. The highest BCUT2D eigenvalue weighted by Crippen LogP contribution is 2.65. The molecule has 7 rings (SSSR count). The van der Waals surface area contributed by atoms with E-state index in [0.29, 0.717) is 17.8 Å². The van der Waals surface area contributed by atoms with Crippen LogP contribution in [0.4, 0.5) is 4.79 Å². The molecule has 64 heavy (non-hydrogen) atoms. The van der Waals surface area contributed by atoms with E-state index in [1.165, 1.54) is 61.3 Å². The van der Waals surface area contributed by atoms with Crippen molar-refractivity contribution in [1.82, 2.24) is 19.5 Å². The van der Waals surface area contributed by atoms with Crippen molar-refractivity contribution in [2.45, 2.75) is 182 Å². The molecule has 0 aromatic carbocycles. The number of hydrogen-bond acceptors (Lipinski definition) is 9. The van der Waals surface area contributed by atoms with Crippen LogP contribution in [0.3, 0.4) is 0 Å². The largest absolute Gasteiger partial charge is 0.446 e. The van der Waals surface area contributed by atoms with Crippen molar-refractivity contribution in [2.24, 2.45) is 46.8 Å².